The first-order valence-electron chi connectivity index (χ1n) is 8.48. The Balaban J connectivity index is 2.02. The second-order valence-electron chi connectivity index (χ2n) is 6.32. The SMILES string of the molecule is CCCNC1CCCCCCC1S(=O)C1CCOC1C. The molecule has 0 aromatic heterocycles. The van der Waals surface area contributed by atoms with Crippen LogP contribution in [0, 0.1) is 0 Å². The molecular formula is C16H31NO2S. The van der Waals surface area contributed by atoms with Gasteiger partial charge in [-0.15, -0.1) is 0 Å². The van der Waals surface area contributed by atoms with Gasteiger partial charge in [-0.25, -0.2) is 0 Å². The molecule has 0 spiro atoms. The van der Waals surface area contributed by atoms with Crippen LogP contribution < -0.4 is 5.32 Å². The summed E-state index contributed by atoms with van der Waals surface area (Å²) in [6, 6.07) is 0.448. The molecule has 2 rings (SSSR count). The summed E-state index contributed by atoms with van der Waals surface area (Å²) < 4.78 is 18.7. The zero-order valence-electron chi connectivity index (χ0n) is 13.1. The van der Waals surface area contributed by atoms with E-state index >= 15 is 0 Å². The summed E-state index contributed by atoms with van der Waals surface area (Å²) in [4.78, 5) is 0. The van der Waals surface area contributed by atoms with Crippen LogP contribution in [0.3, 0.4) is 0 Å². The maximum atomic E-state index is 13.0. The molecule has 0 aromatic carbocycles. The Morgan fingerprint density at radius 2 is 1.85 bits per heavy atom. The Morgan fingerprint density at radius 3 is 2.50 bits per heavy atom. The maximum Gasteiger partial charge on any atom is 0.0691 e. The summed E-state index contributed by atoms with van der Waals surface area (Å²) in [6.07, 6.45) is 9.79. The van der Waals surface area contributed by atoms with Crippen LogP contribution in [0.25, 0.3) is 0 Å². The van der Waals surface area contributed by atoms with Gasteiger partial charge in [0.05, 0.1) is 16.6 Å². The molecule has 1 saturated heterocycles. The lowest BCUT2D eigenvalue weighted by Gasteiger charge is -2.32. The molecule has 1 aliphatic carbocycles. The van der Waals surface area contributed by atoms with Gasteiger partial charge in [-0.3, -0.25) is 4.21 Å². The van der Waals surface area contributed by atoms with Crippen LogP contribution in [-0.4, -0.2) is 40.0 Å². The molecule has 2 fully saturated rings. The minimum Gasteiger partial charge on any atom is -0.377 e. The van der Waals surface area contributed by atoms with Gasteiger partial charge in [0.25, 0.3) is 0 Å². The standard InChI is InChI=1S/C16H31NO2S/c1-3-11-17-14-8-6-4-5-7-9-16(14)20(18)15-10-12-19-13(15)2/h13-17H,3-12H2,1-2H3. The third kappa shape index (κ3) is 4.28. The van der Waals surface area contributed by atoms with Gasteiger partial charge in [-0.2, -0.15) is 0 Å². The van der Waals surface area contributed by atoms with Crippen molar-refractivity contribution < 1.29 is 8.95 Å². The van der Waals surface area contributed by atoms with Gasteiger partial charge in [0, 0.05) is 23.4 Å². The van der Waals surface area contributed by atoms with Crippen molar-refractivity contribution in [3.05, 3.63) is 0 Å². The second-order valence-corrected chi connectivity index (χ2v) is 8.19. The molecule has 0 aromatic rings. The molecular weight excluding hydrogens is 270 g/mol. The smallest absolute Gasteiger partial charge is 0.0691 e. The molecule has 1 heterocycles. The van der Waals surface area contributed by atoms with E-state index < -0.39 is 10.8 Å². The van der Waals surface area contributed by atoms with Crippen LogP contribution >= 0.6 is 0 Å². The van der Waals surface area contributed by atoms with Crippen molar-refractivity contribution in [3.63, 3.8) is 0 Å². The van der Waals surface area contributed by atoms with Crippen molar-refractivity contribution >= 4 is 10.8 Å². The highest BCUT2D eigenvalue weighted by atomic mass is 32.2. The number of hydrogen-bond acceptors (Lipinski definition) is 3. The summed E-state index contributed by atoms with van der Waals surface area (Å²) >= 11 is 0. The fraction of sp³-hybridized carbons (Fsp3) is 1.00. The van der Waals surface area contributed by atoms with Crippen molar-refractivity contribution in [1.29, 1.82) is 0 Å². The van der Waals surface area contributed by atoms with E-state index in [-0.39, 0.29) is 11.4 Å². The number of rotatable bonds is 5. The minimum atomic E-state index is -0.752. The lowest BCUT2D eigenvalue weighted by molar-refractivity contribution is 0.126. The van der Waals surface area contributed by atoms with E-state index in [4.69, 9.17) is 4.74 Å². The Morgan fingerprint density at radius 1 is 1.10 bits per heavy atom. The first-order valence-corrected chi connectivity index (χ1v) is 9.76. The van der Waals surface area contributed by atoms with Crippen molar-refractivity contribution in [2.75, 3.05) is 13.2 Å². The van der Waals surface area contributed by atoms with Crippen LogP contribution in [0.4, 0.5) is 0 Å². The fourth-order valence-electron chi connectivity index (χ4n) is 3.53. The summed E-state index contributed by atoms with van der Waals surface area (Å²) in [7, 11) is -0.752. The van der Waals surface area contributed by atoms with Crippen LogP contribution in [0.5, 0.6) is 0 Å². The van der Waals surface area contributed by atoms with Crippen molar-refractivity contribution in [2.45, 2.75) is 87.9 Å². The Hall–Kier alpha value is 0.0700. The molecule has 118 valence electrons. The van der Waals surface area contributed by atoms with Crippen LogP contribution in [-0.2, 0) is 15.5 Å². The largest absolute Gasteiger partial charge is 0.377 e. The second kappa shape index (κ2) is 8.50. The summed E-state index contributed by atoms with van der Waals surface area (Å²) in [5.74, 6) is 0. The molecule has 4 heteroatoms. The van der Waals surface area contributed by atoms with Crippen LogP contribution in [0.2, 0.25) is 0 Å². The van der Waals surface area contributed by atoms with Crippen molar-refractivity contribution in [2.24, 2.45) is 0 Å². The fourth-order valence-corrected chi connectivity index (χ4v) is 5.72. The topological polar surface area (TPSA) is 38.3 Å². The molecule has 0 bridgehead atoms. The van der Waals surface area contributed by atoms with E-state index in [1.807, 2.05) is 0 Å². The summed E-state index contributed by atoms with van der Waals surface area (Å²) in [6.45, 7) is 6.13. The average Bonchev–Trinajstić information content (AvgIpc) is 2.83. The predicted octanol–water partition coefficient (Wildman–Crippen LogP) is 3.00. The Labute approximate surface area is 126 Å². The normalized spacial score (nSPS) is 37.3. The maximum absolute atomic E-state index is 13.0. The van der Waals surface area contributed by atoms with Crippen molar-refractivity contribution in [3.8, 4) is 0 Å². The molecule has 0 amide bonds. The molecule has 1 N–H and O–H groups in total. The van der Waals surface area contributed by atoms with E-state index in [9.17, 15) is 4.21 Å². The third-order valence-corrected chi connectivity index (χ3v) is 7.14. The van der Waals surface area contributed by atoms with E-state index in [1.54, 1.807) is 0 Å². The zero-order valence-corrected chi connectivity index (χ0v) is 13.9. The minimum absolute atomic E-state index is 0.174. The number of nitrogens with one attached hydrogen (secondary N) is 1. The third-order valence-electron chi connectivity index (χ3n) is 4.76. The van der Waals surface area contributed by atoms with E-state index in [0.717, 1.165) is 32.4 Å². The monoisotopic (exact) mass is 301 g/mol. The van der Waals surface area contributed by atoms with Crippen molar-refractivity contribution in [1.82, 2.24) is 5.32 Å². The molecule has 0 radical (unpaired) electrons. The first-order chi connectivity index (χ1) is 9.74. The Kier molecular flexibility index (Phi) is 6.99. The van der Waals surface area contributed by atoms with Gasteiger partial charge in [-0.1, -0.05) is 32.6 Å². The Bertz CT molecular complexity index is 309. The summed E-state index contributed by atoms with van der Waals surface area (Å²) in [5.41, 5.74) is 0. The molecule has 1 saturated carbocycles. The highest BCUT2D eigenvalue weighted by Crippen LogP contribution is 2.28. The first kappa shape index (κ1) is 16.4. The molecule has 3 nitrogen and oxygen atoms in total. The van der Waals surface area contributed by atoms with Crippen LogP contribution in [0.1, 0.15) is 65.2 Å². The van der Waals surface area contributed by atoms with Crippen LogP contribution in [0.15, 0.2) is 0 Å². The average molecular weight is 301 g/mol. The molecule has 2 aliphatic rings. The number of hydrogen-bond donors (Lipinski definition) is 1. The highest BCUT2D eigenvalue weighted by Gasteiger charge is 2.37. The molecule has 5 atom stereocenters. The van der Waals surface area contributed by atoms with E-state index in [1.165, 1.54) is 32.1 Å². The quantitative estimate of drug-likeness (QED) is 0.848. The van der Waals surface area contributed by atoms with Gasteiger partial charge in [0.1, 0.15) is 0 Å². The molecule has 1 aliphatic heterocycles. The molecule has 20 heavy (non-hydrogen) atoms. The van der Waals surface area contributed by atoms with Gasteiger partial charge < -0.3 is 10.1 Å². The van der Waals surface area contributed by atoms with Gasteiger partial charge in [0.15, 0.2) is 0 Å². The zero-order chi connectivity index (χ0) is 14.4. The lowest BCUT2D eigenvalue weighted by Crippen LogP contribution is -2.46. The summed E-state index contributed by atoms with van der Waals surface area (Å²) in [5, 5.41) is 4.26. The highest BCUT2D eigenvalue weighted by molar-refractivity contribution is 7.86. The molecule has 5 unspecified atom stereocenters. The number of ether oxygens (including phenoxy) is 1. The van der Waals surface area contributed by atoms with E-state index in [0.29, 0.717) is 11.3 Å². The lowest BCUT2D eigenvalue weighted by atomic mass is 9.96. The van der Waals surface area contributed by atoms with Gasteiger partial charge >= 0.3 is 0 Å². The predicted molar refractivity (Wildman–Crippen MR) is 85.5 cm³/mol. The van der Waals surface area contributed by atoms with E-state index in [2.05, 4.69) is 19.2 Å². The van der Waals surface area contributed by atoms with Gasteiger partial charge in [0.2, 0.25) is 0 Å². The van der Waals surface area contributed by atoms with Gasteiger partial charge in [-0.05, 0) is 39.2 Å².